The van der Waals surface area contributed by atoms with Gasteiger partial charge in [0.1, 0.15) is 6.07 Å². The number of ether oxygens (including phenoxy) is 1. The Kier molecular flexibility index (Phi) is 5.18. The van der Waals surface area contributed by atoms with Gasteiger partial charge in [0.05, 0.1) is 0 Å². The molecule has 1 amide bonds. The highest BCUT2D eigenvalue weighted by Crippen LogP contribution is 2.17. The molecule has 0 saturated heterocycles. The number of carbonyl (C=O) groups is 1. The van der Waals surface area contributed by atoms with Gasteiger partial charge < -0.3 is 15.2 Å². The van der Waals surface area contributed by atoms with Gasteiger partial charge in [0.15, 0.2) is 12.2 Å². The number of nitrogens with zero attached hydrogens (tertiary/aromatic N) is 1. The van der Waals surface area contributed by atoms with Crippen LogP contribution in [0.3, 0.4) is 0 Å². The molecule has 5 nitrogen and oxygen atoms in total. The first kappa shape index (κ1) is 16.4. The number of hydrogen-bond acceptors (Lipinski definition) is 4. The summed E-state index contributed by atoms with van der Waals surface area (Å²) < 4.78 is 39.7. The zero-order chi connectivity index (χ0) is 16.0. The minimum Gasteiger partial charge on any atom is -0.480 e. The molecule has 1 aromatic rings. The van der Waals surface area contributed by atoms with Gasteiger partial charge in [-0.1, -0.05) is 17.7 Å². The van der Waals surface area contributed by atoms with E-state index in [1.54, 1.807) is 12.1 Å². The van der Waals surface area contributed by atoms with Gasteiger partial charge in [0.25, 0.3) is 5.91 Å². The lowest BCUT2D eigenvalue weighted by atomic mass is 10.2. The molecule has 0 fully saturated rings. The molecule has 0 saturated carbocycles. The smallest absolute Gasteiger partial charge is 0.422 e. The van der Waals surface area contributed by atoms with E-state index in [2.05, 4.69) is 10.1 Å². The molecule has 0 unspecified atom stereocenters. The zero-order valence-corrected chi connectivity index (χ0v) is 10.9. The van der Waals surface area contributed by atoms with E-state index in [9.17, 15) is 23.1 Å². The average Bonchev–Trinajstić information content (AvgIpc) is 2.39. The molecular formula is C13H11F3N2O3. The highest BCUT2D eigenvalue weighted by molar-refractivity contribution is 6.06. The molecule has 0 aliphatic heterocycles. The number of nitrogens with one attached hydrogen (secondary N) is 1. The Labute approximate surface area is 118 Å². The molecule has 21 heavy (non-hydrogen) atoms. The number of halogens is 3. The highest BCUT2D eigenvalue weighted by Gasteiger charge is 2.30. The Morgan fingerprint density at radius 3 is 2.43 bits per heavy atom. The van der Waals surface area contributed by atoms with Crippen molar-refractivity contribution >= 4 is 11.6 Å². The van der Waals surface area contributed by atoms with E-state index < -0.39 is 30.2 Å². The molecule has 2 N–H and O–H groups in total. The van der Waals surface area contributed by atoms with Gasteiger partial charge in [0, 0.05) is 5.69 Å². The van der Waals surface area contributed by atoms with E-state index in [-0.39, 0.29) is 0 Å². The Balaban J connectivity index is 2.81. The second kappa shape index (κ2) is 6.65. The predicted molar refractivity (Wildman–Crippen MR) is 67.1 cm³/mol. The van der Waals surface area contributed by atoms with Gasteiger partial charge in [-0.25, -0.2) is 0 Å². The van der Waals surface area contributed by atoms with Crippen molar-refractivity contribution in [1.29, 1.82) is 5.26 Å². The molecule has 0 atom stereocenters. The van der Waals surface area contributed by atoms with E-state index in [0.717, 1.165) is 5.56 Å². The van der Waals surface area contributed by atoms with Gasteiger partial charge in [-0.15, -0.1) is 0 Å². The Hall–Kier alpha value is -2.69. The number of carbonyl (C=O) groups excluding carboxylic acids is 1. The normalized spacial score (nSPS) is 12.1. The Morgan fingerprint density at radius 2 is 1.95 bits per heavy atom. The SMILES string of the molecule is Cc1ccc(NC(=O)/C(C#N)=C(\O)OCC(F)(F)F)cc1. The van der Waals surface area contributed by atoms with E-state index in [0.29, 0.717) is 5.69 Å². The van der Waals surface area contributed by atoms with Crippen molar-refractivity contribution in [2.45, 2.75) is 13.1 Å². The summed E-state index contributed by atoms with van der Waals surface area (Å²) in [7, 11) is 0. The molecule has 0 bridgehead atoms. The molecule has 1 rings (SSSR count). The summed E-state index contributed by atoms with van der Waals surface area (Å²) in [5.74, 6) is -2.44. The average molecular weight is 300 g/mol. The summed E-state index contributed by atoms with van der Waals surface area (Å²) in [5, 5.41) is 20.2. The van der Waals surface area contributed by atoms with Gasteiger partial charge in [-0.3, -0.25) is 4.79 Å². The number of aliphatic hydroxyl groups is 1. The summed E-state index contributed by atoms with van der Waals surface area (Å²) in [5.41, 5.74) is 0.308. The van der Waals surface area contributed by atoms with Crippen LogP contribution in [-0.4, -0.2) is 23.8 Å². The minimum absolute atomic E-state index is 0.321. The minimum atomic E-state index is -4.69. The van der Waals surface area contributed by atoms with Crippen LogP contribution in [0.4, 0.5) is 18.9 Å². The third-order valence-corrected chi connectivity index (χ3v) is 2.23. The largest absolute Gasteiger partial charge is 0.480 e. The fourth-order valence-electron chi connectivity index (χ4n) is 1.25. The monoisotopic (exact) mass is 300 g/mol. The summed E-state index contributed by atoms with van der Waals surface area (Å²) in [6, 6.07) is 7.74. The number of aliphatic hydroxyl groups excluding tert-OH is 1. The van der Waals surface area contributed by atoms with Crippen LogP contribution in [0.25, 0.3) is 0 Å². The summed E-state index contributed by atoms with van der Waals surface area (Å²) >= 11 is 0. The lowest BCUT2D eigenvalue weighted by Crippen LogP contribution is -2.20. The van der Waals surface area contributed by atoms with Gasteiger partial charge in [-0.05, 0) is 19.1 Å². The maximum atomic E-state index is 11.9. The van der Waals surface area contributed by atoms with E-state index in [1.807, 2.05) is 6.92 Å². The van der Waals surface area contributed by atoms with Crippen molar-refractivity contribution in [3.63, 3.8) is 0 Å². The van der Waals surface area contributed by atoms with Crippen LogP contribution in [0.2, 0.25) is 0 Å². The second-order valence-electron chi connectivity index (χ2n) is 4.02. The van der Waals surface area contributed by atoms with E-state index in [1.165, 1.54) is 18.2 Å². The first-order valence-corrected chi connectivity index (χ1v) is 5.64. The topological polar surface area (TPSA) is 82.4 Å². The Morgan fingerprint density at radius 1 is 1.38 bits per heavy atom. The summed E-state index contributed by atoms with van der Waals surface area (Å²) in [6.45, 7) is 0.0187. The maximum Gasteiger partial charge on any atom is 0.422 e. The van der Waals surface area contributed by atoms with E-state index >= 15 is 0 Å². The van der Waals surface area contributed by atoms with Crippen molar-refractivity contribution in [1.82, 2.24) is 0 Å². The summed E-state index contributed by atoms with van der Waals surface area (Å²) in [6.07, 6.45) is -4.69. The van der Waals surface area contributed by atoms with Gasteiger partial charge in [-0.2, -0.15) is 18.4 Å². The van der Waals surface area contributed by atoms with Crippen LogP contribution in [0.5, 0.6) is 0 Å². The van der Waals surface area contributed by atoms with Crippen LogP contribution >= 0.6 is 0 Å². The number of rotatable bonds is 4. The molecule has 8 heteroatoms. The summed E-state index contributed by atoms with van der Waals surface area (Å²) in [4.78, 5) is 11.7. The quantitative estimate of drug-likeness (QED) is 0.509. The third kappa shape index (κ3) is 5.44. The molecule has 1 aromatic carbocycles. The number of alkyl halides is 3. The number of aryl methyl sites for hydroxylation is 1. The van der Waals surface area contributed by atoms with Crippen LogP contribution in [0, 0.1) is 18.3 Å². The zero-order valence-electron chi connectivity index (χ0n) is 10.9. The van der Waals surface area contributed by atoms with Crippen molar-refractivity contribution in [3.05, 3.63) is 41.3 Å². The van der Waals surface area contributed by atoms with Crippen LogP contribution in [0.15, 0.2) is 35.8 Å². The van der Waals surface area contributed by atoms with Crippen LogP contribution < -0.4 is 5.32 Å². The fourth-order valence-corrected chi connectivity index (χ4v) is 1.25. The van der Waals surface area contributed by atoms with Gasteiger partial charge >= 0.3 is 12.1 Å². The highest BCUT2D eigenvalue weighted by atomic mass is 19.4. The number of benzene rings is 1. The van der Waals surface area contributed by atoms with Crippen molar-refractivity contribution in [2.75, 3.05) is 11.9 Å². The first-order chi connectivity index (χ1) is 9.73. The lowest BCUT2D eigenvalue weighted by Gasteiger charge is -2.09. The molecular weight excluding hydrogens is 289 g/mol. The van der Waals surface area contributed by atoms with Crippen molar-refractivity contribution in [3.8, 4) is 6.07 Å². The van der Waals surface area contributed by atoms with E-state index in [4.69, 9.17) is 5.26 Å². The fraction of sp³-hybridized carbons (Fsp3) is 0.231. The van der Waals surface area contributed by atoms with Crippen molar-refractivity contribution in [2.24, 2.45) is 0 Å². The van der Waals surface area contributed by atoms with Crippen molar-refractivity contribution < 1.29 is 27.8 Å². The molecule has 0 spiro atoms. The number of anilines is 1. The molecule has 112 valence electrons. The maximum absolute atomic E-state index is 11.9. The molecule has 0 heterocycles. The first-order valence-electron chi connectivity index (χ1n) is 5.64. The molecule has 0 aliphatic rings. The second-order valence-corrected chi connectivity index (χ2v) is 4.02. The van der Waals surface area contributed by atoms with Crippen LogP contribution in [0.1, 0.15) is 5.56 Å². The Bertz CT molecular complexity index is 586. The number of hydrogen-bond donors (Lipinski definition) is 2. The predicted octanol–water partition coefficient (Wildman–Crippen LogP) is 2.81. The van der Waals surface area contributed by atoms with Gasteiger partial charge in [0.2, 0.25) is 0 Å². The standard InChI is InChI=1S/C13H11F3N2O3/c1-8-2-4-9(5-3-8)18-11(19)10(6-17)12(20)21-7-13(14,15)16/h2-5,20H,7H2,1H3,(H,18,19)/b12-10+. The number of amides is 1. The third-order valence-electron chi connectivity index (χ3n) is 2.23. The molecule has 0 radical (unpaired) electrons. The lowest BCUT2D eigenvalue weighted by molar-refractivity contribution is -0.173. The number of nitriles is 1. The molecule has 0 aromatic heterocycles. The van der Waals surface area contributed by atoms with Crippen LogP contribution in [-0.2, 0) is 9.53 Å². The molecule has 0 aliphatic carbocycles.